The number of nitrogens with one attached hydrogen (secondary N) is 1. The van der Waals surface area contributed by atoms with E-state index in [2.05, 4.69) is 23.2 Å². The van der Waals surface area contributed by atoms with Gasteiger partial charge in [0.25, 0.3) is 5.56 Å². The molecule has 0 amide bonds. The fourth-order valence-corrected chi connectivity index (χ4v) is 1.36. The normalized spacial score (nSPS) is 9.18. The van der Waals surface area contributed by atoms with E-state index >= 15 is 0 Å². The lowest BCUT2D eigenvalue weighted by atomic mass is 10.3. The van der Waals surface area contributed by atoms with Crippen LogP contribution in [-0.2, 0) is 13.0 Å². The summed E-state index contributed by atoms with van der Waals surface area (Å²) in [6, 6.07) is 0. The van der Waals surface area contributed by atoms with Crippen LogP contribution in [-0.4, -0.2) is 15.3 Å². The van der Waals surface area contributed by atoms with Crippen LogP contribution in [0.5, 0.6) is 0 Å². The van der Waals surface area contributed by atoms with Crippen LogP contribution in [0.15, 0.2) is 29.4 Å². The summed E-state index contributed by atoms with van der Waals surface area (Å²) in [6.07, 6.45) is 8.39. The molecule has 17 heavy (non-hydrogen) atoms. The van der Waals surface area contributed by atoms with Crippen molar-refractivity contribution in [2.45, 2.75) is 19.9 Å². The second-order valence-electron chi connectivity index (χ2n) is 3.50. The number of terminal acetylenes is 1. The summed E-state index contributed by atoms with van der Waals surface area (Å²) in [5.74, 6) is 2.94. The fourth-order valence-electron chi connectivity index (χ4n) is 1.36. The van der Waals surface area contributed by atoms with Crippen molar-refractivity contribution in [1.82, 2.24) is 9.55 Å². The Morgan fingerprint density at radius 3 is 3.06 bits per heavy atom. The van der Waals surface area contributed by atoms with Crippen LogP contribution < -0.4 is 5.56 Å². The van der Waals surface area contributed by atoms with Crippen molar-refractivity contribution >= 4 is 5.71 Å². The third-order valence-electron chi connectivity index (χ3n) is 2.17. The highest BCUT2D eigenvalue weighted by Crippen LogP contribution is 1.97. The first-order valence-electron chi connectivity index (χ1n) is 5.02. The maximum Gasteiger partial charge on any atom is 0.256 e. The molecule has 0 fully saturated rings. The van der Waals surface area contributed by atoms with Gasteiger partial charge in [-0.05, 0) is 6.92 Å². The Balaban J connectivity index is 3.24. The lowest BCUT2D eigenvalue weighted by Crippen LogP contribution is -2.29. The molecule has 1 heterocycles. The molecule has 1 aromatic rings. The van der Waals surface area contributed by atoms with Crippen molar-refractivity contribution < 1.29 is 0 Å². The predicted molar refractivity (Wildman–Crippen MR) is 67.2 cm³/mol. The Morgan fingerprint density at radius 1 is 1.76 bits per heavy atom. The van der Waals surface area contributed by atoms with E-state index in [9.17, 15) is 4.79 Å². The first-order valence-corrected chi connectivity index (χ1v) is 5.02. The maximum atomic E-state index is 11.9. The zero-order valence-electron chi connectivity index (χ0n) is 9.66. The van der Waals surface area contributed by atoms with Gasteiger partial charge >= 0.3 is 0 Å². The first-order chi connectivity index (χ1) is 8.10. The highest BCUT2D eigenvalue weighted by molar-refractivity contribution is 5.91. The summed E-state index contributed by atoms with van der Waals surface area (Å²) in [5, 5.41) is 7.62. The average Bonchev–Trinajstić information content (AvgIpc) is 2.29. The van der Waals surface area contributed by atoms with Crippen LogP contribution in [0, 0.1) is 24.7 Å². The van der Waals surface area contributed by atoms with Crippen molar-refractivity contribution in [3.63, 3.8) is 0 Å². The molecule has 0 radical (unpaired) electrons. The van der Waals surface area contributed by atoms with E-state index in [0.717, 1.165) is 0 Å². The minimum atomic E-state index is -0.174. The molecule has 0 spiro atoms. The van der Waals surface area contributed by atoms with E-state index in [1.54, 1.807) is 6.92 Å². The molecule has 4 nitrogen and oxygen atoms in total. The predicted octanol–water partition coefficient (Wildman–Crippen LogP) is 1.09. The fraction of sp³-hybridized carbons (Fsp3) is 0.231. The van der Waals surface area contributed by atoms with E-state index < -0.39 is 0 Å². The number of allylic oxidation sites excluding steroid dienone is 1. The van der Waals surface area contributed by atoms with Gasteiger partial charge in [0, 0.05) is 17.8 Å². The first kappa shape index (κ1) is 12.7. The van der Waals surface area contributed by atoms with E-state index in [1.165, 1.54) is 16.8 Å². The summed E-state index contributed by atoms with van der Waals surface area (Å²) in [7, 11) is 0. The van der Waals surface area contributed by atoms with Gasteiger partial charge in [-0.2, -0.15) is 0 Å². The molecule has 0 aliphatic heterocycles. The van der Waals surface area contributed by atoms with Gasteiger partial charge in [0.15, 0.2) is 0 Å². The molecule has 0 saturated carbocycles. The molecule has 86 valence electrons. The molecule has 1 N–H and O–H groups in total. The molecule has 0 saturated heterocycles. The lowest BCUT2D eigenvalue weighted by molar-refractivity contribution is 0.712. The maximum absolute atomic E-state index is 11.9. The Bertz CT molecular complexity index is 584. The SMILES string of the molecule is C#CCc1ncc(C)c(=O)n1CC(=N)C=C=C. The average molecular weight is 227 g/mol. The number of hydrogen-bond acceptors (Lipinski definition) is 3. The highest BCUT2D eigenvalue weighted by Gasteiger charge is 2.08. The molecule has 0 aliphatic carbocycles. The number of aryl methyl sites for hydroxylation is 1. The number of rotatable bonds is 4. The second kappa shape index (κ2) is 5.64. The minimum absolute atomic E-state index is 0.132. The summed E-state index contributed by atoms with van der Waals surface area (Å²) in [4.78, 5) is 16.0. The van der Waals surface area contributed by atoms with Crippen LogP contribution in [0.4, 0.5) is 0 Å². The smallest absolute Gasteiger partial charge is 0.256 e. The van der Waals surface area contributed by atoms with Crippen molar-refractivity contribution in [2.24, 2.45) is 0 Å². The molecule has 0 aliphatic rings. The topological polar surface area (TPSA) is 58.7 Å². The summed E-state index contributed by atoms with van der Waals surface area (Å²) in [6.45, 7) is 5.20. The highest BCUT2D eigenvalue weighted by atomic mass is 16.1. The summed E-state index contributed by atoms with van der Waals surface area (Å²) in [5.41, 5.74) is 3.08. The Labute approximate surface area is 99.8 Å². The Hall–Kier alpha value is -2.37. The second-order valence-corrected chi connectivity index (χ2v) is 3.50. The third-order valence-corrected chi connectivity index (χ3v) is 2.17. The summed E-state index contributed by atoms with van der Waals surface area (Å²) < 4.78 is 1.41. The molecular weight excluding hydrogens is 214 g/mol. The van der Waals surface area contributed by atoms with E-state index in [4.69, 9.17) is 11.8 Å². The molecule has 1 rings (SSSR count). The molecule has 0 atom stereocenters. The van der Waals surface area contributed by atoms with Crippen LogP contribution in [0.25, 0.3) is 0 Å². The number of aromatic nitrogens is 2. The van der Waals surface area contributed by atoms with E-state index in [-0.39, 0.29) is 24.2 Å². The monoisotopic (exact) mass is 227 g/mol. The van der Waals surface area contributed by atoms with E-state index in [0.29, 0.717) is 11.4 Å². The van der Waals surface area contributed by atoms with Crippen molar-refractivity contribution in [3.8, 4) is 12.3 Å². The van der Waals surface area contributed by atoms with Crippen molar-refractivity contribution in [1.29, 1.82) is 5.41 Å². The molecule has 0 aromatic carbocycles. The van der Waals surface area contributed by atoms with Crippen LogP contribution in [0.1, 0.15) is 11.4 Å². The van der Waals surface area contributed by atoms with Crippen molar-refractivity contribution in [2.75, 3.05) is 0 Å². The van der Waals surface area contributed by atoms with Crippen LogP contribution in [0.2, 0.25) is 0 Å². The van der Waals surface area contributed by atoms with Crippen molar-refractivity contribution in [3.05, 3.63) is 46.3 Å². The Kier molecular flexibility index (Phi) is 4.21. The van der Waals surface area contributed by atoms with Gasteiger partial charge in [0.1, 0.15) is 5.82 Å². The molecular formula is C13H13N3O. The Morgan fingerprint density at radius 2 is 2.47 bits per heavy atom. The summed E-state index contributed by atoms with van der Waals surface area (Å²) >= 11 is 0. The molecule has 0 bridgehead atoms. The zero-order valence-corrected chi connectivity index (χ0v) is 9.66. The lowest BCUT2D eigenvalue weighted by Gasteiger charge is -2.09. The largest absolute Gasteiger partial charge is 0.303 e. The minimum Gasteiger partial charge on any atom is -0.303 e. The van der Waals surface area contributed by atoms with Gasteiger partial charge in [-0.25, -0.2) is 4.98 Å². The zero-order chi connectivity index (χ0) is 12.8. The number of hydrogen-bond donors (Lipinski definition) is 1. The van der Waals surface area contributed by atoms with Gasteiger partial charge in [0.05, 0.1) is 18.7 Å². The van der Waals surface area contributed by atoms with Gasteiger partial charge < -0.3 is 5.41 Å². The van der Waals surface area contributed by atoms with Gasteiger partial charge in [-0.1, -0.05) is 12.5 Å². The van der Waals surface area contributed by atoms with E-state index in [1.807, 2.05) is 0 Å². The van der Waals surface area contributed by atoms with Gasteiger partial charge in [-0.15, -0.1) is 12.2 Å². The standard InChI is InChI=1S/C13H13N3O/c1-4-6-11(14)9-16-12(7-5-2)15-8-10(3)13(16)17/h2,6,8,14H,1,7,9H2,3H3. The molecule has 0 unspecified atom stereocenters. The van der Waals surface area contributed by atoms with Crippen LogP contribution >= 0.6 is 0 Å². The van der Waals surface area contributed by atoms with Crippen LogP contribution in [0.3, 0.4) is 0 Å². The number of nitrogens with zero attached hydrogens (tertiary/aromatic N) is 2. The molecule has 4 heteroatoms. The quantitative estimate of drug-likeness (QED) is 0.475. The van der Waals surface area contributed by atoms with Gasteiger partial charge in [-0.3, -0.25) is 9.36 Å². The van der Waals surface area contributed by atoms with Gasteiger partial charge in [0.2, 0.25) is 0 Å². The third kappa shape index (κ3) is 3.04. The molecule has 1 aromatic heterocycles.